The number of anilines is 3. The highest BCUT2D eigenvalue weighted by Gasteiger charge is 2.36. The van der Waals surface area contributed by atoms with E-state index in [1.54, 1.807) is 67.0 Å². The summed E-state index contributed by atoms with van der Waals surface area (Å²) in [6.45, 7) is 9.25. The molecule has 0 fully saturated rings. The highest BCUT2D eigenvalue weighted by Crippen LogP contribution is 2.46. The van der Waals surface area contributed by atoms with E-state index in [1.807, 2.05) is 262 Å². The number of hydrogen-bond donors (Lipinski definition) is 4. The van der Waals surface area contributed by atoms with Crippen molar-refractivity contribution in [1.29, 1.82) is 0 Å². The molecule has 3 aliphatic heterocycles. The molecule has 0 radical (unpaired) electrons. The molecule has 0 aliphatic carbocycles. The molecule has 12 aromatic carbocycles. The lowest BCUT2D eigenvalue weighted by Crippen LogP contribution is -2.39. The monoisotopic (exact) mass is 1980 g/mol. The zero-order valence-electron chi connectivity index (χ0n) is 72.0. The van der Waals surface area contributed by atoms with Crippen LogP contribution in [0.4, 0.5) is 17.1 Å². The molecule has 674 valence electrons. The summed E-state index contributed by atoms with van der Waals surface area (Å²) in [6.07, 6.45) is 13.2. The van der Waals surface area contributed by atoms with Crippen LogP contribution in [-0.4, -0.2) is 75.8 Å². The van der Waals surface area contributed by atoms with Crippen molar-refractivity contribution >= 4 is 141 Å². The molecule has 0 bridgehead atoms. The number of benzene rings is 12. The summed E-state index contributed by atoms with van der Waals surface area (Å²) in [6, 6.07) is 94.8. The second-order valence-corrected chi connectivity index (χ2v) is 38.4. The summed E-state index contributed by atoms with van der Waals surface area (Å²) < 4.78 is 179. The quantitative estimate of drug-likeness (QED) is 0.0341. The van der Waals surface area contributed by atoms with E-state index in [9.17, 15) is 51.9 Å². The number of aromatic nitrogens is 4. The highest BCUT2D eigenvalue weighted by molar-refractivity contribution is 9.10. The van der Waals surface area contributed by atoms with Crippen LogP contribution >= 0.6 is 31.9 Å². The van der Waals surface area contributed by atoms with Crippen LogP contribution in [0, 0.1) is 0 Å². The third kappa shape index (κ3) is 22.6. The van der Waals surface area contributed by atoms with E-state index >= 15 is 0 Å². The number of hydrogen-bond acceptors (Lipinski definition) is 18. The van der Waals surface area contributed by atoms with Gasteiger partial charge in [0.25, 0.3) is 44.3 Å². The second kappa shape index (κ2) is 40.2. The fourth-order valence-electron chi connectivity index (χ4n) is 15.5. The molecule has 0 saturated carbocycles. The molecule has 25 nitrogen and oxygen atoms in total. The van der Waals surface area contributed by atoms with Gasteiger partial charge in [0, 0.05) is 64.8 Å². The first-order chi connectivity index (χ1) is 64.0. The van der Waals surface area contributed by atoms with E-state index in [4.69, 9.17) is 27.5 Å². The molecular formula is C102H88Br2N7O18S4+3. The van der Waals surface area contributed by atoms with E-state index < -0.39 is 64.0 Å². The van der Waals surface area contributed by atoms with Crippen LogP contribution in [0.5, 0.6) is 17.2 Å². The molecule has 0 spiro atoms. The molecular weight excluding hydrogens is 1900 g/mol. The summed E-state index contributed by atoms with van der Waals surface area (Å²) in [5.74, 6) is 1.04. The van der Waals surface area contributed by atoms with Gasteiger partial charge >= 0.3 is 48.0 Å². The minimum absolute atomic E-state index is 0.143. The van der Waals surface area contributed by atoms with Gasteiger partial charge in [0.2, 0.25) is 34.4 Å². The third-order valence-corrected chi connectivity index (χ3v) is 25.2. The topological polar surface area (TPSA) is 319 Å². The molecule has 133 heavy (non-hydrogen) atoms. The molecule has 4 aromatic heterocycles. The van der Waals surface area contributed by atoms with Crippen LogP contribution in [0.1, 0.15) is 58.2 Å². The Bertz CT molecular complexity index is 7650. The van der Waals surface area contributed by atoms with Gasteiger partial charge in [0.15, 0.2) is 23.1 Å². The van der Waals surface area contributed by atoms with Crippen molar-refractivity contribution in [3.63, 3.8) is 0 Å². The van der Waals surface area contributed by atoms with E-state index in [0.29, 0.717) is 99.6 Å². The van der Waals surface area contributed by atoms with Crippen LogP contribution in [0.25, 0.3) is 118 Å². The standard InChI is InChI=1S/C34H28Br2N2O5S.C33H28N2O8S2.C30H24N2O5S.C5H5N/c1-3-22(17-33-37(4-2)29-19-25(9-15-31(29)42-33)23-5-11-27(35)12-6-23)18-34-38(21-44(39,40)41)30-20-26(10-16-32(30)43-34)24-7-13-28(36)14-8-24;1-2-23(17-32-34(21-44(36,37)38)28-19-26(13-15-30(28)42-32)24-9-5-3-6-10-24)18-33-35(22-45(39,40)41)29-20-27(14-16-31(29)43-33)25-11-7-4-8-12-25;1-2-31-25-17-23(21-9-5-3-6-10-21)13-15-27(25)36-29(31)19-30-32(20-38(33,34)35)26-18-24(14-16-28(26)37-30)22-11-7-4-8-12-22;1-2-4-6-5-3-1/h5-20H,3-4,21H2,1-2H3;3-20H,2,21-22H2,1H3,(H-,36,37,38,39,40,41);3-19H,2,20H2,1H3;1-5H/p+3. The number of pyridine rings is 1. The molecule has 7 heterocycles. The Balaban J connectivity index is 0.000000141. The lowest BCUT2D eigenvalue weighted by Gasteiger charge is -2.17. The summed E-state index contributed by atoms with van der Waals surface area (Å²) >= 11 is 6.96. The first kappa shape index (κ1) is 92.6. The van der Waals surface area contributed by atoms with Crippen molar-refractivity contribution in [2.24, 2.45) is 0 Å². The first-order valence-corrected chi connectivity index (χ1v) is 50.1. The van der Waals surface area contributed by atoms with Crippen LogP contribution in [0.15, 0.2) is 373 Å². The van der Waals surface area contributed by atoms with E-state index in [1.165, 1.54) is 18.6 Å². The number of ether oxygens (including phenoxy) is 3. The Morgan fingerprint density at radius 3 is 0.932 bits per heavy atom. The van der Waals surface area contributed by atoms with Crippen LogP contribution in [0.3, 0.4) is 0 Å². The SMILES string of the molecule is CCC(=C/c1oc2ccc(-c3ccc(Br)cc3)cc2[n+]1CS(=O)(=O)O)/C=C1/Oc2ccc(-c3ccc(Br)cc3)cc2N1CC.CCC(=C/c1oc2ccc(-c3ccccc3)cc2[n+]1CS(=O)(=O)O)/C=C1/Oc2ccc(-c3ccccc3)cc2N1CS(=O)(=O)O.CCN1C(=Cc2oc3ccc(-c4ccccc4)cc3[n+]2CS(=O)(=O)O)Oc2ccc(-c3ccccc3)cc21.c1ccncc1. The molecule has 31 heteroatoms. The van der Waals surface area contributed by atoms with Gasteiger partial charge in [-0.15, -0.1) is 13.7 Å². The minimum atomic E-state index is -4.46. The largest absolute Gasteiger partial charge is 0.439 e. The maximum atomic E-state index is 12.1. The highest BCUT2D eigenvalue weighted by atomic mass is 79.9. The van der Waals surface area contributed by atoms with Gasteiger partial charge in [0.05, 0.1) is 29.2 Å². The lowest BCUT2D eigenvalue weighted by atomic mass is 10.0. The van der Waals surface area contributed by atoms with Crippen LogP contribution in [0.2, 0.25) is 0 Å². The Morgan fingerprint density at radius 2 is 0.617 bits per heavy atom. The first-order valence-electron chi connectivity index (χ1n) is 42.1. The molecule has 0 saturated heterocycles. The maximum absolute atomic E-state index is 12.1. The van der Waals surface area contributed by atoms with Crippen molar-refractivity contribution in [3.05, 3.63) is 377 Å². The molecule has 0 atom stereocenters. The predicted octanol–water partition coefficient (Wildman–Crippen LogP) is 22.5. The fourth-order valence-corrected chi connectivity index (χ4v) is 18.4. The third-order valence-electron chi connectivity index (χ3n) is 21.8. The molecule has 0 unspecified atom stereocenters. The van der Waals surface area contributed by atoms with Gasteiger partial charge in [0.1, 0.15) is 6.08 Å². The minimum Gasteiger partial charge on any atom is -0.439 e. The zero-order valence-corrected chi connectivity index (χ0v) is 78.5. The Hall–Kier alpha value is -13.7. The van der Waals surface area contributed by atoms with Gasteiger partial charge in [-0.2, -0.15) is 33.7 Å². The summed E-state index contributed by atoms with van der Waals surface area (Å²) in [5.41, 5.74) is 18.3. The van der Waals surface area contributed by atoms with E-state index in [2.05, 4.69) is 85.1 Å². The van der Waals surface area contributed by atoms with Crippen molar-refractivity contribution < 1.29 is 93.0 Å². The Morgan fingerprint density at radius 1 is 0.331 bits per heavy atom. The predicted molar refractivity (Wildman–Crippen MR) is 523 cm³/mol. The van der Waals surface area contributed by atoms with Crippen LogP contribution in [-0.2, 0) is 58.1 Å². The second-order valence-electron chi connectivity index (χ2n) is 30.9. The number of oxazole rings is 3. The number of allylic oxidation sites excluding steroid dienone is 4. The molecule has 16 aromatic rings. The van der Waals surface area contributed by atoms with Gasteiger partial charge in [-0.1, -0.05) is 234 Å². The number of nitrogens with zero attached hydrogens (tertiary/aromatic N) is 7. The molecule has 4 N–H and O–H groups in total. The fraction of sp³-hybridized carbons (Fsp3) is 0.118. The van der Waals surface area contributed by atoms with E-state index in [-0.39, 0.29) is 17.7 Å². The van der Waals surface area contributed by atoms with Gasteiger partial charge < -0.3 is 37.3 Å². The number of fused-ring (bicyclic) bond motifs is 6. The summed E-state index contributed by atoms with van der Waals surface area (Å²) in [7, 11) is -17.7. The van der Waals surface area contributed by atoms with Crippen molar-refractivity contribution in [2.75, 3.05) is 33.7 Å². The summed E-state index contributed by atoms with van der Waals surface area (Å²) in [4.78, 5) is 9.25. The van der Waals surface area contributed by atoms with Gasteiger partial charge in [-0.05, 0) is 196 Å². The van der Waals surface area contributed by atoms with Gasteiger partial charge in [-0.3, -0.25) is 28.1 Å². The van der Waals surface area contributed by atoms with Crippen molar-refractivity contribution in [2.45, 2.75) is 58.2 Å². The van der Waals surface area contributed by atoms with E-state index in [0.717, 1.165) is 98.4 Å². The average Bonchev–Trinajstić information content (AvgIpc) is 1.63. The Labute approximate surface area is 786 Å². The normalized spacial score (nSPS) is 14.1. The average molecular weight is 1990 g/mol. The molecule has 19 rings (SSSR count). The maximum Gasteiger partial charge on any atom is 0.380 e. The van der Waals surface area contributed by atoms with Crippen molar-refractivity contribution in [3.8, 4) is 84.0 Å². The zero-order chi connectivity index (χ0) is 93.3. The molecule has 0 amide bonds. The van der Waals surface area contributed by atoms with Gasteiger partial charge in [-0.25, -0.2) is 0 Å². The smallest absolute Gasteiger partial charge is 0.380 e. The Kier molecular flexibility index (Phi) is 28.0. The van der Waals surface area contributed by atoms with Crippen molar-refractivity contribution in [1.82, 2.24) is 4.98 Å². The lowest BCUT2D eigenvalue weighted by molar-refractivity contribution is -0.658. The summed E-state index contributed by atoms with van der Waals surface area (Å²) in [5, 5.41) is 0. The number of rotatable bonds is 23. The van der Waals surface area contributed by atoms with Crippen LogP contribution < -0.4 is 42.6 Å². The molecule has 3 aliphatic rings. The number of halogens is 2.